The Kier molecular flexibility index (Phi) is 4.00. The number of hydrogen-bond donors (Lipinski definition) is 2. The molecule has 0 bridgehead atoms. The van der Waals surface area contributed by atoms with E-state index in [1.54, 1.807) is 0 Å². The minimum absolute atomic E-state index is 0.00419. The fraction of sp³-hybridized carbons (Fsp3) is 0.273. The predicted molar refractivity (Wildman–Crippen MR) is 56.9 cm³/mol. The highest BCUT2D eigenvalue weighted by molar-refractivity contribution is 5.89. The minimum Gasteiger partial charge on any atom is -0.368 e. The maximum absolute atomic E-state index is 11.4. The van der Waals surface area contributed by atoms with Crippen molar-refractivity contribution in [2.75, 3.05) is 0 Å². The third-order valence-electron chi connectivity index (χ3n) is 2.06. The first-order valence-corrected chi connectivity index (χ1v) is 4.70. The molecule has 1 unspecified atom stereocenters. The molecule has 0 saturated carbocycles. The summed E-state index contributed by atoms with van der Waals surface area (Å²) < 4.78 is 0. The Morgan fingerprint density at radius 2 is 1.80 bits per heavy atom. The van der Waals surface area contributed by atoms with Crippen molar-refractivity contribution < 1.29 is 9.59 Å². The smallest absolute Gasteiger partial charge is 0.234 e. The Bertz CT molecular complexity index is 349. The molecule has 0 saturated heterocycles. The number of carbonyl (C=O) groups is 2. The van der Waals surface area contributed by atoms with Crippen LogP contribution >= 0.6 is 0 Å². The lowest BCUT2D eigenvalue weighted by atomic mass is 10.0. The van der Waals surface area contributed by atoms with E-state index in [1.807, 2.05) is 30.3 Å². The molecule has 80 valence electrons. The van der Waals surface area contributed by atoms with Gasteiger partial charge in [-0.1, -0.05) is 30.3 Å². The van der Waals surface area contributed by atoms with Crippen LogP contribution in [-0.4, -0.2) is 17.7 Å². The molecule has 4 N–H and O–H groups in total. The molecule has 1 amide bonds. The van der Waals surface area contributed by atoms with E-state index < -0.39 is 11.9 Å². The van der Waals surface area contributed by atoms with E-state index in [2.05, 4.69) is 0 Å². The monoisotopic (exact) mass is 206 g/mol. The highest BCUT2D eigenvalue weighted by Gasteiger charge is 2.14. The average Bonchev–Trinajstić information content (AvgIpc) is 2.18. The lowest BCUT2D eigenvalue weighted by Crippen LogP contribution is -2.38. The third-order valence-corrected chi connectivity index (χ3v) is 2.06. The molecule has 0 radical (unpaired) electrons. The van der Waals surface area contributed by atoms with Crippen LogP contribution in [-0.2, 0) is 16.0 Å². The Labute approximate surface area is 88.3 Å². The summed E-state index contributed by atoms with van der Waals surface area (Å²) in [6.45, 7) is 0. The van der Waals surface area contributed by atoms with Crippen LogP contribution in [0.4, 0.5) is 0 Å². The van der Waals surface area contributed by atoms with E-state index in [1.165, 1.54) is 0 Å². The Morgan fingerprint density at radius 1 is 1.20 bits per heavy atom. The standard InChI is InChI=1S/C11H14N2O2/c12-10(11(13)15)7-9(14)6-8-4-2-1-3-5-8/h1-5,10H,6-7,12H2,(H2,13,15). The number of primary amides is 1. The molecule has 0 aromatic heterocycles. The summed E-state index contributed by atoms with van der Waals surface area (Å²) >= 11 is 0. The number of nitrogens with two attached hydrogens (primary N) is 2. The summed E-state index contributed by atoms with van der Waals surface area (Å²) in [7, 11) is 0. The zero-order chi connectivity index (χ0) is 11.3. The van der Waals surface area contributed by atoms with Crippen molar-refractivity contribution >= 4 is 11.7 Å². The van der Waals surface area contributed by atoms with E-state index in [4.69, 9.17) is 11.5 Å². The van der Waals surface area contributed by atoms with Crippen molar-refractivity contribution in [2.24, 2.45) is 11.5 Å². The minimum atomic E-state index is -0.874. The first-order valence-electron chi connectivity index (χ1n) is 4.70. The van der Waals surface area contributed by atoms with Crippen LogP contribution < -0.4 is 11.5 Å². The fourth-order valence-electron chi connectivity index (χ4n) is 1.24. The van der Waals surface area contributed by atoms with Crippen molar-refractivity contribution in [3.63, 3.8) is 0 Å². The highest BCUT2D eigenvalue weighted by Crippen LogP contribution is 2.02. The number of Topliss-reactive ketones (excluding diaryl/α,β-unsaturated/α-hetero) is 1. The first kappa shape index (κ1) is 11.4. The molecule has 15 heavy (non-hydrogen) atoms. The van der Waals surface area contributed by atoms with E-state index in [0.29, 0.717) is 6.42 Å². The molecule has 1 aromatic rings. The van der Waals surface area contributed by atoms with Crippen molar-refractivity contribution in [2.45, 2.75) is 18.9 Å². The average molecular weight is 206 g/mol. The van der Waals surface area contributed by atoms with Gasteiger partial charge < -0.3 is 11.5 Å². The van der Waals surface area contributed by atoms with Crippen LogP contribution in [0.5, 0.6) is 0 Å². The maximum atomic E-state index is 11.4. The molecule has 4 heteroatoms. The van der Waals surface area contributed by atoms with Gasteiger partial charge >= 0.3 is 0 Å². The molecule has 0 aliphatic carbocycles. The van der Waals surface area contributed by atoms with Gasteiger partial charge in [0.1, 0.15) is 5.78 Å². The van der Waals surface area contributed by atoms with Gasteiger partial charge in [-0.3, -0.25) is 9.59 Å². The van der Waals surface area contributed by atoms with Gasteiger partial charge in [-0.05, 0) is 5.56 Å². The number of rotatable bonds is 5. The van der Waals surface area contributed by atoms with E-state index in [9.17, 15) is 9.59 Å². The van der Waals surface area contributed by atoms with Crippen LogP contribution in [0.15, 0.2) is 30.3 Å². The SMILES string of the molecule is NC(=O)C(N)CC(=O)Cc1ccccc1. The molecule has 0 fully saturated rings. The summed E-state index contributed by atoms with van der Waals surface area (Å²) in [4.78, 5) is 22.1. The number of benzene rings is 1. The van der Waals surface area contributed by atoms with Gasteiger partial charge in [0.2, 0.25) is 5.91 Å². The second-order valence-electron chi connectivity index (χ2n) is 3.41. The van der Waals surface area contributed by atoms with Crippen LogP contribution in [0.3, 0.4) is 0 Å². The summed E-state index contributed by atoms with van der Waals surface area (Å²) in [6, 6.07) is 8.43. The molecule has 0 aliphatic heterocycles. The number of carbonyl (C=O) groups excluding carboxylic acids is 2. The summed E-state index contributed by atoms with van der Waals surface area (Å²) in [5, 5.41) is 0. The summed E-state index contributed by atoms with van der Waals surface area (Å²) in [5.41, 5.74) is 11.3. The Hall–Kier alpha value is -1.68. The predicted octanol–water partition coefficient (Wildman–Crippen LogP) is 0.000900. The molecule has 0 heterocycles. The van der Waals surface area contributed by atoms with Crippen molar-refractivity contribution in [3.05, 3.63) is 35.9 Å². The zero-order valence-corrected chi connectivity index (χ0v) is 8.35. The lowest BCUT2D eigenvalue weighted by Gasteiger charge is -2.05. The van der Waals surface area contributed by atoms with Crippen LogP contribution in [0, 0.1) is 0 Å². The van der Waals surface area contributed by atoms with Crippen molar-refractivity contribution in [1.29, 1.82) is 0 Å². The topological polar surface area (TPSA) is 86.2 Å². The van der Waals surface area contributed by atoms with Gasteiger partial charge in [0.15, 0.2) is 0 Å². The summed E-state index contributed by atoms with van der Waals surface area (Å²) in [6.07, 6.45) is 0.298. The molecule has 1 rings (SSSR count). The maximum Gasteiger partial charge on any atom is 0.234 e. The molecule has 4 nitrogen and oxygen atoms in total. The highest BCUT2D eigenvalue weighted by atomic mass is 16.1. The third kappa shape index (κ3) is 3.91. The number of hydrogen-bond acceptors (Lipinski definition) is 3. The molecule has 0 spiro atoms. The van der Waals surface area contributed by atoms with Gasteiger partial charge in [-0.15, -0.1) is 0 Å². The van der Waals surface area contributed by atoms with Gasteiger partial charge in [0.05, 0.1) is 6.04 Å². The van der Waals surface area contributed by atoms with Crippen LogP contribution in [0.2, 0.25) is 0 Å². The number of ketones is 1. The quantitative estimate of drug-likeness (QED) is 0.711. The number of amides is 1. The van der Waals surface area contributed by atoms with Gasteiger partial charge in [-0.25, -0.2) is 0 Å². The van der Waals surface area contributed by atoms with E-state index in [-0.39, 0.29) is 12.2 Å². The molecular formula is C11H14N2O2. The molecule has 0 aliphatic rings. The van der Waals surface area contributed by atoms with Gasteiger partial charge in [0, 0.05) is 12.8 Å². The summed E-state index contributed by atoms with van der Waals surface area (Å²) in [5.74, 6) is -0.719. The van der Waals surface area contributed by atoms with Crippen LogP contribution in [0.1, 0.15) is 12.0 Å². The van der Waals surface area contributed by atoms with E-state index >= 15 is 0 Å². The zero-order valence-electron chi connectivity index (χ0n) is 8.35. The van der Waals surface area contributed by atoms with Gasteiger partial charge in [0.25, 0.3) is 0 Å². The van der Waals surface area contributed by atoms with Gasteiger partial charge in [-0.2, -0.15) is 0 Å². The van der Waals surface area contributed by atoms with Crippen molar-refractivity contribution in [1.82, 2.24) is 0 Å². The second-order valence-corrected chi connectivity index (χ2v) is 3.41. The Balaban J connectivity index is 2.47. The largest absolute Gasteiger partial charge is 0.368 e. The lowest BCUT2D eigenvalue weighted by molar-refractivity contribution is -0.124. The van der Waals surface area contributed by atoms with E-state index in [0.717, 1.165) is 5.56 Å². The fourth-order valence-corrected chi connectivity index (χ4v) is 1.24. The molecular weight excluding hydrogens is 192 g/mol. The Morgan fingerprint density at radius 3 is 2.33 bits per heavy atom. The molecule has 1 atom stereocenters. The normalized spacial score (nSPS) is 12.1. The van der Waals surface area contributed by atoms with Crippen molar-refractivity contribution in [3.8, 4) is 0 Å². The first-order chi connectivity index (χ1) is 7.09. The van der Waals surface area contributed by atoms with Crippen LogP contribution in [0.25, 0.3) is 0 Å². The second kappa shape index (κ2) is 5.26. The molecule has 1 aromatic carbocycles.